The molecule has 0 aromatic heterocycles. The van der Waals surface area contributed by atoms with E-state index in [0.29, 0.717) is 17.9 Å². The first-order valence-electron chi connectivity index (χ1n) is 7.52. The summed E-state index contributed by atoms with van der Waals surface area (Å²) in [5.41, 5.74) is 6.11. The maximum Gasteiger partial charge on any atom is 0.0509 e. The largest absolute Gasteiger partial charge is 0.381 e. The minimum atomic E-state index is 0.349. The van der Waals surface area contributed by atoms with E-state index in [1.807, 2.05) is 0 Å². The van der Waals surface area contributed by atoms with Gasteiger partial charge in [0, 0.05) is 18.6 Å². The first-order valence-corrected chi connectivity index (χ1v) is 7.52. The Morgan fingerprint density at radius 2 is 2.11 bits per heavy atom. The predicted octanol–water partition coefficient (Wildman–Crippen LogP) is 2.36. The Bertz CT molecular complexity index is 415. The lowest BCUT2D eigenvalue weighted by atomic mass is 9.74. The number of ether oxygens (including phenoxy) is 1. The van der Waals surface area contributed by atoms with E-state index in [2.05, 4.69) is 29.7 Å². The van der Waals surface area contributed by atoms with Crippen LogP contribution in [0.1, 0.15) is 42.7 Å². The van der Waals surface area contributed by atoms with Crippen LogP contribution < -0.4 is 11.3 Å². The molecule has 3 rings (SSSR count). The fourth-order valence-corrected chi connectivity index (χ4v) is 3.79. The zero-order valence-corrected chi connectivity index (χ0v) is 11.5. The second kappa shape index (κ2) is 6.04. The maximum atomic E-state index is 5.89. The van der Waals surface area contributed by atoms with Crippen LogP contribution in [0.15, 0.2) is 24.3 Å². The molecule has 3 N–H and O–H groups in total. The second-order valence-corrected chi connectivity index (χ2v) is 5.87. The van der Waals surface area contributed by atoms with Crippen LogP contribution in [0.2, 0.25) is 0 Å². The third kappa shape index (κ3) is 2.69. The molecule has 0 saturated carbocycles. The molecule has 3 unspecified atom stereocenters. The number of hydrazine groups is 1. The SMILES string of the molecule is NNC(C1CCCOC1)C1CCCc2ccccc21. The van der Waals surface area contributed by atoms with E-state index in [1.54, 1.807) is 0 Å². The summed E-state index contributed by atoms with van der Waals surface area (Å²) in [7, 11) is 0. The molecule has 104 valence electrons. The Morgan fingerprint density at radius 3 is 2.89 bits per heavy atom. The van der Waals surface area contributed by atoms with Crippen molar-refractivity contribution in [1.82, 2.24) is 5.43 Å². The fourth-order valence-electron chi connectivity index (χ4n) is 3.79. The zero-order valence-electron chi connectivity index (χ0n) is 11.5. The Labute approximate surface area is 115 Å². The molecule has 1 aliphatic carbocycles. The molecule has 19 heavy (non-hydrogen) atoms. The number of rotatable bonds is 3. The predicted molar refractivity (Wildman–Crippen MR) is 76.8 cm³/mol. The van der Waals surface area contributed by atoms with Crippen molar-refractivity contribution >= 4 is 0 Å². The van der Waals surface area contributed by atoms with Crippen LogP contribution in [0.3, 0.4) is 0 Å². The highest BCUT2D eigenvalue weighted by atomic mass is 16.5. The van der Waals surface area contributed by atoms with Gasteiger partial charge in [-0.1, -0.05) is 24.3 Å². The number of nitrogens with one attached hydrogen (secondary N) is 1. The van der Waals surface area contributed by atoms with Crippen molar-refractivity contribution in [2.24, 2.45) is 11.8 Å². The minimum Gasteiger partial charge on any atom is -0.381 e. The van der Waals surface area contributed by atoms with Gasteiger partial charge in [0.1, 0.15) is 0 Å². The van der Waals surface area contributed by atoms with Crippen LogP contribution in [0.25, 0.3) is 0 Å². The number of fused-ring (bicyclic) bond motifs is 1. The summed E-state index contributed by atoms with van der Waals surface area (Å²) in [6, 6.07) is 9.21. The minimum absolute atomic E-state index is 0.349. The van der Waals surface area contributed by atoms with Crippen LogP contribution in [0, 0.1) is 5.92 Å². The van der Waals surface area contributed by atoms with E-state index >= 15 is 0 Å². The Morgan fingerprint density at radius 1 is 1.21 bits per heavy atom. The molecule has 1 aromatic carbocycles. The van der Waals surface area contributed by atoms with Crippen molar-refractivity contribution in [2.45, 2.75) is 44.1 Å². The summed E-state index contributed by atoms with van der Waals surface area (Å²) in [5.74, 6) is 6.98. The highest BCUT2D eigenvalue weighted by molar-refractivity contribution is 5.34. The summed E-state index contributed by atoms with van der Waals surface area (Å²) in [4.78, 5) is 0. The summed E-state index contributed by atoms with van der Waals surface area (Å²) < 4.78 is 5.65. The van der Waals surface area contributed by atoms with Gasteiger partial charge in [-0.25, -0.2) is 0 Å². The van der Waals surface area contributed by atoms with E-state index in [1.165, 1.54) is 36.8 Å². The Hall–Kier alpha value is -0.900. The van der Waals surface area contributed by atoms with Crippen molar-refractivity contribution in [1.29, 1.82) is 0 Å². The van der Waals surface area contributed by atoms with Crippen molar-refractivity contribution in [3.05, 3.63) is 35.4 Å². The standard InChI is InChI=1S/C16H24N2O/c17-18-16(13-7-4-10-19-11-13)15-9-3-6-12-5-1-2-8-14(12)15/h1-2,5,8,13,15-16,18H,3-4,6-7,9-11,17H2. The summed E-state index contributed by atoms with van der Waals surface area (Å²) in [6.45, 7) is 1.77. The topological polar surface area (TPSA) is 47.3 Å². The molecule has 0 amide bonds. The van der Waals surface area contributed by atoms with Crippen LogP contribution in [-0.2, 0) is 11.2 Å². The van der Waals surface area contributed by atoms with Gasteiger partial charge in [0.2, 0.25) is 0 Å². The molecule has 1 aromatic rings. The van der Waals surface area contributed by atoms with Crippen LogP contribution in [0.4, 0.5) is 0 Å². The molecule has 1 fully saturated rings. The first-order chi connectivity index (χ1) is 9.40. The molecule has 3 heteroatoms. The summed E-state index contributed by atoms with van der Waals surface area (Å²) in [5, 5.41) is 0. The smallest absolute Gasteiger partial charge is 0.0509 e. The van der Waals surface area contributed by atoms with Crippen molar-refractivity contribution in [3.63, 3.8) is 0 Å². The molecule has 1 aliphatic heterocycles. The van der Waals surface area contributed by atoms with Crippen LogP contribution in [0.5, 0.6) is 0 Å². The van der Waals surface area contributed by atoms with E-state index in [4.69, 9.17) is 10.6 Å². The van der Waals surface area contributed by atoms with E-state index in [0.717, 1.165) is 19.6 Å². The molecule has 3 nitrogen and oxygen atoms in total. The van der Waals surface area contributed by atoms with Gasteiger partial charge in [-0.15, -0.1) is 0 Å². The molecular formula is C16H24N2O. The van der Waals surface area contributed by atoms with E-state index < -0.39 is 0 Å². The van der Waals surface area contributed by atoms with Crippen LogP contribution in [-0.4, -0.2) is 19.3 Å². The maximum absolute atomic E-state index is 5.89. The van der Waals surface area contributed by atoms with Gasteiger partial charge in [-0.05, 0) is 49.1 Å². The van der Waals surface area contributed by atoms with E-state index in [9.17, 15) is 0 Å². The summed E-state index contributed by atoms with van der Waals surface area (Å²) >= 11 is 0. The third-order valence-corrected chi connectivity index (χ3v) is 4.75. The van der Waals surface area contributed by atoms with Gasteiger partial charge in [0.05, 0.1) is 6.61 Å². The monoisotopic (exact) mass is 260 g/mol. The molecule has 1 saturated heterocycles. The van der Waals surface area contributed by atoms with Gasteiger partial charge in [-0.3, -0.25) is 11.3 Å². The van der Waals surface area contributed by atoms with Crippen molar-refractivity contribution in [2.75, 3.05) is 13.2 Å². The third-order valence-electron chi connectivity index (χ3n) is 4.75. The molecule has 0 radical (unpaired) electrons. The van der Waals surface area contributed by atoms with Gasteiger partial charge in [-0.2, -0.15) is 0 Å². The van der Waals surface area contributed by atoms with Crippen LogP contribution >= 0.6 is 0 Å². The zero-order chi connectivity index (χ0) is 13.1. The van der Waals surface area contributed by atoms with Crippen molar-refractivity contribution in [3.8, 4) is 0 Å². The van der Waals surface area contributed by atoms with Crippen molar-refractivity contribution < 1.29 is 4.74 Å². The fraction of sp³-hybridized carbons (Fsp3) is 0.625. The quantitative estimate of drug-likeness (QED) is 0.648. The highest BCUT2D eigenvalue weighted by Gasteiger charge is 2.33. The Kier molecular flexibility index (Phi) is 4.16. The lowest BCUT2D eigenvalue weighted by Gasteiger charge is -2.38. The van der Waals surface area contributed by atoms with Gasteiger partial charge in [0.15, 0.2) is 0 Å². The molecule has 0 spiro atoms. The summed E-state index contributed by atoms with van der Waals surface area (Å²) in [6.07, 6.45) is 6.12. The molecular weight excluding hydrogens is 236 g/mol. The second-order valence-electron chi connectivity index (χ2n) is 5.87. The molecule has 0 bridgehead atoms. The number of aryl methyl sites for hydroxylation is 1. The normalized spacial score (nSPS) is 28.7. The van der Waals surface area contributed by atoms with Gasteiger partial charge < -0.3 is 4.74 Å². The van der Waals surface area contributed by atoms with Gasteiger partial charge >= 0.3 is 0 Å². The number of benzene rings is 1. The molecule has 3 atom stereocenters. The molecule has 2 aliphatic rings. The number of hydrogen-bond acceptors (Lipinski definition) is 3. The average Bonchev–Trinajstić information content (AvgIpc) is 2.49. The highest BCUT2D eigenvalue weighted by Crippen LogP contribution is 2.37. The average molecular weight is 260 g/mol. The number of hydrogen-bond donors (Lipinski definition) is 2. The van der Waals surface area contributed by atoms with Gasteiger partial charge in [0.25, 0.3) is 0 Å². The molecule has 1 heterocycles. The lowest BCUT2D eigenvalue weighted by Crippen LogP contribution is -2.48. The number of nitrogens with two attached hydrogens (primary N) is 1. The van der Waals surface area contributed by atoms with E-state index in [-0.39, 0.29) is 0 Å². The first kappa shape index (κ1) is 13.1. The lowest BCUT2D eigenvalue weighted by molar-refractivity contribution is 0.0335. The Balaban J connectivity index is 1.83.